The molecule has 0 radical (unpaired) electrons. The molecular formula is C15H17N5O. The van der Waals surface area contributed by atoms with Crippen LogP contribution in [0.3, 0.4) is 0 Å². The topological polar surface area (TPSA) is 83.6 Å². The van der Waals surface area contributed by atoms with E-state index < -0.39 is 0 Å². The van der Waals surface area contributed by atoms with Gasteiger partial charge in [0.05, 0.1) is 17.6 Å². The van der Waals surface area contributed by atoms with Crippen molar-refractivity contribution in [3.63, 3.8) is 0 Å². The Kier molecular flexibility index (Phi) is 4.33. The predicted molar refractivity (Wildman–Crippen MR) is 78.6 cm³/mol. The van der Waals surface area contributed by atoms with E-state index in [-0.39, 0.29) is 12.5 Å². The zero-order chi connectivity index (χ0) is 15.4. The molecule has 2 aromatic heterocycles. The number of pyridine rings is 1. The second-order valence-electron chi connectivity index (χ2n) is 5.11. The number of hydrogen-bond acceptors (Lipinski definition) is 4. The van der Waals surface area contributed by atoms with Gasteiger partial charge in [0.15, 0.2) is 0 Å². The van der Waals surface area contributed by atoms with Crippen molar-refractivity contribution in [3.05, 3.63) is 41.5 Å². The number of nitrogens with one attached hydrogen (secondary N) is 1. The summed E-state index contributed by atoms with van der Waals surface area (Å²) in [6, 6.07) is 5.14. The summed E-state index contributed by atoms with van der Waals surface area (Å²) in [4.78, 5) is 15.9. The zero-order valence-electron chi connectivity index (χ0n) is 12.3. The lowest BCUT2D eigenvalue weighted by atomic mass is 10.1. The maximum absolute atomic E-state index is 12.0. The van der Waals surface area contributed by atoms with E-state index in [1.165, 1.54) is 6.20 Å². The maximum atomic E-state index is 12.0. The monoisotopic (exact) mass is 283 g/mol. The van der Waals surface area contributed by atoms with E-state index in [4.69, 9.17) is 5.26 Å². The molecule has 6 heteroatoms. The normalized spacial score (nSPS) is 10.4. The fourth-order valence-electron chi connectivity index (χ4n) is 2.06. The van der Waals surface area contributed by atoms with Gasteiger partial charge in [-0.15, -0.1) is 0 Å². The Morgan fingerprint density at radius 2 is 2.24 bits per heavy atom. The molecule has 0 aliphatic heterocycles. The van der Waals surface area contributed by atoms with Gasteiger partial charge in [0.25, 0.3) is 0 Å². The highest BCUT2D eigenvalue weighted by atomic mass is 16.2. The number of carbonyl (C=O) groups excluding carboxylic acids is 1. The van der Waals surface area contributed by atoms with Crippen molar-refractivity contribution in [2.24, 2.45) is 0 Å². The molecule has 0 aliphatic rings. The first kappa shape index (κ1) is 14.7. The van der Waals surface area contributed by atoms with Crippen molar-refractivity contribution in [2.75, 3.05) is 5.32 Å². The number of aryl methyl sites for hydroxylation is 1. The van der Waals surface area contributed by atoms with Gasteiger partial charge in [0.2, 0.25) is 5.91 Å². The highest BCUT2D eigenvalue weighted by Gasteiger charge is 2.11. The molecule has 6 nitrogen and oxygen atoms in total. The van der Waals surface area contributed by atoms with Crippen molar-refractivity contribution in [3.8, 4) is 6.07 Å². The molecule has 0 fully saturated rings. The standard InChI is InChI=1S/C15H17N5O/c1-10(2)14-8-20(19-11(14)3)9-15(21)18-13-5-4-12(6-16)17-7-13/h4-5,7-8,10H,9H2,1-3H3,(H,18,21). The number of hydrogen-bond donors (Lipinski definition) is 1. The molecule has 21 heavy (non-hydrogen) atoms. The summed E-state index contributed by atoms with van der Waals surface area (Å²) in [6.07, 6.45) is 3.36. The molecule has 0 aromatic carbocycles. The Morgan fingerprint density at radius 1 is 1.48 bits per heavy atom. The van der Waals surface area contributed by atoms with Gasteiger partial charge in [-0.3, -0.25) is 9.48 Å². The number of amides is 1. The van der Waals surface area contributed by atoms with Crippen molar-refractivity contribution in [2.45, 2.75) is 33.2 Å². The zero-order valence-corrected chi connectivity index (χ0v) is 12.3. The van der Waals surface area contributed by atoms with Gasteiger partial charge in [-0.2, -0.15) is 10.4 Å². The van der Waals surface area contributed by atoms with Crippen LogP contribution in [0.5, 0.6) is 0 Å². The van der Waals surface area contributed by atoms with Gasteiger partial charge >= 0.3 is 0 Å². The lowest BCUT2D eigenvalue weighted by molar-refractivity contribution is -0.116. The molecular weight excluding hydrogens is 266 g/mol. The molecule has 108 valence electrons. The van der Waals surface area contributed by atoms with Crippen LogP contribution in [-0.4, -0.2) is 20.7 Å². The third-order valence-corrected chi connectivity index (χ3v) is 3.07. The van der Waals surface area contributed by atoms with Crippen LogP contribution in [0.15, 0.2) is 24.5 Å². The van der Waals surface area contributed by atoms with Crippen LogP contribution in [0, 0.1) is 18.3 Å². The number of nitriles is 1. The van der Waals surface area contributed by atoms with Gasteiger partial charge in [0.1, 0.15) is 18.3 Å². The Morgan fingerprint density at radius 3 is 2.76 bits per heavy atom. The third kappa shape index (κ3) is 3.66. The van der Waals surface area contributed by atoms with E-state index in [2.05, 4.69) is 29.2 Å². The van der Waals surface area contributed by atoms with E-state index in [1.807, 2.05) is 19.2 Å². The number of aromatic nitrogens is 3. The number of carbonyl (C=O) groups is 1. The number of nitrogens with zero attached hydrogens (tertiary/aromatic N) is 4. The largest absolute Gasteiger partial charge is 0.323 e. The number of anilines is 1. The van der Waals surface area contributed by atoms with Gasteiger partial charge in [-0.05, 0) is 30.5 Å². The summed E-state index contributed by atoms with van der Waals surface area (Å²) in [5.41, 5.74) is 2.96. The maximum Gasteiger partial charge on any atom is 0.246 e. The van der Waals surface area contributed by atoms with Crippen LogP contribution >= 0.6 is 0 Å². The van der Waals surface area contributed by atoms with Crippen LogP contribution in [0.25, 0.3) is 0 Å². The molecule has 2 heterocycles. The Hall–Kier alpha value is -2.68. The SMILES string of the molecule is Cc1nn(CC(=O)Nc2ccc(C#N)nc2)cc1C(C)C. The Labute approximate surface area is 123 Å². The molecule has 0 atom stereocenters. The molecule has 2 aromatic rings. The van der Waals surface area contributed by atoms with Crippen molar-refractivity contribution in [1.29, 1.82) is 5.26 Å². The van der Waals surface area contributed by atoms with Crippen molar-refractivity contribution >= 4 is 11.6 Å². The summed E-state index contributed by atoms with van der Waals surface area (Å²) < 4.78 is 1.64. The molecule has 2 rings (SSSR count). The third-order valence-electron chi connectivity index (χ3n) is 3.07. The fourth-order valence-corrected chi connectivity index (χ4v) is 2.06. The first-order chi connectivity index (χ1) is 9.99. The molecule has 0 unspecified atom stereocenters. The van der Waals surface area contributed by atoms with Crippen LogP contribution < -0.4 is 5.32 Å². The molecule has 0 spiro atoms. The second kappa shape index (κ2) is 6.18. The Balaban J connectivity index is 2.01. The van der Waals surface area contributed by atoms with Crippen LogP contribution in [-0.2, 0) is 11.3 Å². The number of rotatable bonds is 4. The van der Waals surface area contributed by atoms with Gasteiger partial charge < -0.3 is 5.32 Å². The van der Waals surface area contributed by atoms with E-state index >= 15 is 0 Å². The molecule has 1 amide bonds. The molecule has 0 bridgehead atoms. The summed E-state index contributed by atoms with van der Waals surface area (Å²) in [6.45, 7) is 6.27. The molecule has 0 saturated carbocycles. The van der Waals surface area contributed by atoms with Crippen LogP contribution in [0.4, 0.5) is 5.69 Å². The Bertz CT molecular complexity index is 679. The van der Waals surface area contributed by atoms with Gasteiger partial charge in [-0.1, -0.05) is 13.8 Å². The summed E-state index contributed by atoms with van der Waals surface area (Å²) in [7, 11) is 0. The van der Waals surface area contributed by atoms with Gasteiger partial charge in [-0.25, -0.2) is 4.98 Å². The van der Waals surface area contributed by atoms with Crippen molar-refractivity contribution in [1.82, 2.24) is 14.8 Å². The first-order valence-electron chi connectivity index (χ1n) is 6.69. The lowest BCUT2D eigenvalue weighted by Crippen LogP contribution is -2.19. The minimum absolute atomic E-state index is 0.146. The lowest BCUT2D eigenvalue weighted by Gasteiger charge is -2.05. The highest BCUT2D eigenvalue weighted by molar-refractivity contribution is 5.90. The van der Waals surface area contributed by atoms with E-state index in [1.54, 1.807) is 16.8 Å². The molecule has 1 N–H and O–H groups in total. The van der Waals surface area contributed by atoms with Crippen molar-refractivity contribution < 1.29 is 4.79 Å². The second-order valence-corrected chi connectivity index (χ2v) is 5.11. The van der Waals surface area contributed by atoms with Crippen LogP contribution in [0.1, 0.15) is 36.7 Å². The van der Waals surface area contributed by atoms with Crippen LogP contribution in [0.2, 0.25) is 0 Å². The van der Waals surface area contributed by atoms with E-state index in [9.17, 15) is 4.79 Å². The summed E-state index contributed by atoms with van der Waals surface area (Å²) >= 11 is 0. The average molecular weight is 283 g/mol. The summed E-state index contributed by atoms with van der Waals surface area (Å²) in [5.74, 6) is 0.198. The highest BCUT2D eigenvalue weighted by Crippen LogP contribution is 2.17. The summed E-state index contributed by atoms with van der Waals surface area (Å²) in [5, 5.41) is 15.7. The fraction of sp³-hybridized carbons (Fsp3) is 0.333. The first-order valence-corrected chi connectivity index (χ1v) is 6.69. The average Bonchev–Trinajstić information content (AvgIpc) is 2.80. The minimum atomic E-state index is -0.181. The quantitative estimate of drug-likeness (QED) is 0.932. The van der Waals surface area contributed by atoms with E-state index in [0.717, 1.165) is 11.3 Å². The van der Waals surface area contributed by atoms with Gasteiger partial charge in [0, 0.05) is 6.20 Å². The predicted octanol–water partition coefficient (Wildman–Crippen LogP) is 2.22. The molecule has 0 aliphatic carbocycles. The minimum Gasteiger partial charge on any atom is -0.323 e. The smallest absolute Gasteiger partial charge is 0.246 e. The molecule has 0 saturated heterocycles. The van der Waals surface area contributed by atoms with E-state index in [0.29, 0.717) is 17.3 Å².